The predicted octanol–water partition coefficient (Wildman–Crippen LogP) is 0.678. The molecular weight excluding hydrogens is 206 g/mol. The number of para-hydroxylation sites is 1. The van der Waals surface area contributed by atoms with Gasteiger partial charge >= 0.3 is 6.03 Å². The Labute approximate surface area is 93.4 Å². The fourth-order valence-electron chi connectivity index (χ4n) is 1.67. The summed E-state index contributed by atoms with van der Waals surface area (Å²) in [5.74, 6) is -0.253. The molecule has 1 fully saturated rings. The molecule has 3 amide bonds. The Balaban J connectivity index is 2.13. The van der Waals surface area contributed by atoms with E-state index in [1.165, 1.54) is 0 Å². The second-order valence-electron chi connectivity index (χ2n) is 3.69. The van der Waals surface area contributed by atoms with Crippen LogP contribution < -0.4 is 15.5 Å². The van der Waals surface area contributed by atoms with E-state index < -0.39 is 6.03 Å². The number of imide groups is 1. The Kier molecular flexibility index (Phi) is 2.76. The summed E-state index contributed by atoms with van der Waals surface area (Å²) in [7, 11) is 1.85. The highest BCUT2D eigenvalue weighted by molar-refractivity contribution is 5.97. The van der Waals surface area contributed by atoms with Gasteiger partial charge in [-0.15, -0.1) is 0 Å². The van der Waals surface area contributed by atoms with Gasteiger partial charge in [-0.1, -0.05) is 18.2 Å². The number of urea groups is 1. The number of carbonyl (C=O) groups excluding carboxylic acids is 2. The number of hydrogen-bond donors (Lipinski definition) is 2. The molecule has 84 valence electrons. The molecule has 0 aromatic heterocycles. The highest BCUT2D eigenvalue weighted by Gasteiger charge is 2.26. The minimum absolute atomic E-state index is 0.253. The van der Waals surface area contributed by atoms with Gasteiger partial charge in [-0.3, -0.25) is 10.1 Å². The number of rotatable bonds is 2. The van der Waals surface area contributed by atoms with Crippen molar-refractivity contribution >= 4 is 17.6 Å². The van der Waals surface area contributed by atoms with Crippen LogP contribution in [-0.2, 0) is 4.79 Å². The summed E-state index contributed by atoms with van der Waals surface area (Å²) < 4.78 is 0. The molecule has 1 aliphatic heterocycles. The maximum Gasteiger partial charge on any atom is 0.323 e. The number of nitrogens with zero attached hydrogens (tertiary/aromatic N) is 1. The molecule has 5 nitrogen and oxygen atoms in total. The number of carbonyl (C=O) groups is 2. The molecule has 1 aliphatic rings. The molecule has 16 heavy (non-hydrogen) atoms. The molecule has 0 aliphatic carbocycles. The quantitative estimate of drug-likeness (QED) is 0.768. The van der Waals surface area contributed by atoms with E-state index in [1.54, 1.807) is 0 Å². The first-order chi connectivity index (χ1) is 7.66. The van der Waals surface area contributed by atoms with Crippen molar-refractivity contribution in [3.63, 3.8) is 0 Å². The number of nitrogens with one attached hydrogen (secondary N) is 2. The molecule has 1 unspecified atom stereocenters. The minimum atomic E-state index is -0.441. The van der Waals surface area contributed by atoms with Crippen LogP contribution in [0, 0.1) is 0 Å². The predicted molar refractivity (Wildman–Crippen MR) is 59.9 cm³/mol. The van der Waals surface area contributed by atoms with Crippen LogP contribution in [0.15, 0.2) is 30.3 Å². The van der Waals surface area contributed by atoms with Crippen molar-refractivity contribution in [3.8, 4) is 0 Å². The maximum absolute atomic E-state index is 11.2. The Hall–Kier alpha value is -2.04. The Morgan fingerprint density at radius 1 is 1.25 bits per heavy atom. The third kappa shape index (κ3) is 2.13. The molecular formula is C11H13N3O2. The van der Waals surface area contributed by atoms with E-state index in [2.05, 4.69) is 10.6 Å². The third-order valence-electron chi connectivity index (χ3n) is 2.56. The van der Waals surface area contributed by atoms with Crippen LogP contribution in [0.1, 0.15) is 6.42 Å². The molecule has 0 radical (unpaired) electrons. The molecule has 0 spiro atoms. The first kappa shape index (κ1) is 10.5. The second kappa shape index (κ2) is 4.22. The minimum Gasteiger partial charge on any atom is -0.354 e. The van der Waals surface area contributed by atoms with Gasteiger partial charge in [-0.2, -0.15) is 0 Å². The Bertz CT molecular complexity index is 389. The van der Waals surface area contributed by atoms with Gasteiger partial charge in [0.1, 0.15) is 6.17 Å². The first-order valence-corrected chi connectivity index (χ1v) is 5.05. The van der Waals surface area contributed by atoms with Crippen molar-refractivity contribution in [1.29, 1.82) is 0 Å². The summed E-state index contributed by atoms with van der Waals surface area (Å²) in [5.41, 5.74) is 0.961. The summed E-state index contributed by atoms with van der Waals surface area (Å²) >= 11 is 0. The maximum atomic E-state index is 11.2. The van der Waals surface area contributed by atoms with Gasteiger partial charge in [0.25, 0.3) is 0 Å². The molecule has 2 N–H and O–H groups in total. The van der Waals surface area contributed by atoms with Crippen LogP contribution in [0.5, 0.6) is 0 Å². The summed E-state index contributed by atoms with van der Waals surface area (Å²) in [4.78, 5) is 24.2. The summed E-state index contributed by atoms with van der Waals surface area (Å²) in [6.07, 6.45) is -0.0272. The fourth-order valence-corrected chi connectivity index (χ4v) is 1.67. The van der Waals surface area contributed by atoms with Crippen LogP contribution in [0.25, 0.3) is 0 Å². The van der Waals surface area contributed by atoms with Gasteiger partial charge in [0.05, 0.1) is 6.42 Å². The van der Waals surface area contributed by atoms with Gasteiger partial charge in [0, 0.05) is 12.7 Å². The lowest BCUT2D eigenvalue weighted by molar-refractivity contribution is -0.121. The molecule has 2 rings (SSSR count). The molecule has 1 atom stereocenters. The van der Waals surface area contributed by atoms with E-state index in [1.807, 2.05) is 42.3 Å². The average molecular weight is 219 g/mol. The van der Waals surface area contributed by atoms with Crippen molar-refractivity contribution in [3.05, 3.63) is 30.3 Å². The van der Waals surface area contributed by atoms with Gasteiger partial charge in [0.15, 0.2) is 0 Å². The standard InChI is InChI=1S/C11H13N3O2/c1-14(8-5-3-2-4-6-8)9-7-10(15)13-11(16)12-9/h2-6,9H,7H2,1H3,(H2,12,13,15,16). The average Bonchev–Trinajstić information content (AvgIpc) is 2.28. The topological polar surface area (TPSA) is 61.4 Å². The molecule has 0 saturated carbocycles. The number of hydrogen-bond acceptors (Lipinski definition) is 3. The van der Waals surface area contributed by atoms with Gasteiger partial charge in [-0.05, 0) is 12.1 Å². The van der Waals surface area contributed by atoms with Crippen molar-refractivity contribution in [2.45, 2.75) is 12.6 Å². The van der Waals surface area contributed by atoms with Crippen LogP contribution >= 0.6 is 0 Å². The smallest absolute Gasteiger partial charge is 0.323 e. The highest BCUT2D eigenvalue weighted by Crippen LogP contribution is 2.15. The highest BCUT2D eigenvalue weighted by atomic mass is 16.2. The van der Waals surface area contributed by atoms with Crippen molar-refractivity contribution < 1.29 is 9.59 Å². The number of benzene rings is 1. The summed E-state index contributed by atoms with van der Waals surface area (Å²) in [6, 6.07) is 9.16. The lowest BCUT2D eigenvalue weighted by Gasteiger charge is -2.32. The van der Waals surface area contributed by atoms with Crippen LogP contribution in [0.3, 0.4) is 0 Å². The van der Waals surface area contributed by atoms with Crippen molar-refractivity contribution in [2.24, 2.45) is 0 Å². The van der Waals surface area contributed by atoms with E-state index in [9.17, 15) is 9.59 Å². The zero-order valence-corrected chi connectivity index (χ0v) is 8.93. The van der Waals surface area contributed by atoms with E-state index in [0.29, 0.717) is 0 Å². The molecule has 1 aromatic carbocycles. The molecule has 1 heterocycles. The van der Waals surface area contributed by atoms with Gasteiger partial charge in [0.2, 0.25) is 5.91 Å². The lowest BCUT2D eigenvalue weighted by Crippen LogP contribution is -2.58. The van der Waals surface area contributed by atoms with E-state index in [4.69, 9.17) is 0 Å². The van der Waals surface area contributed by atoms with Crippen LogP contribution in [-0.4, -0.2) is 25.2 Å². The molecule has 5 heteroatoms. The Morgan fingerprint density at radius 2 is 1.94 bits per heavy atom. The second-order valence-corrected chi connectivity index (χ2v) is 3.69. The van der Waals surface area contributed by atoms with E-state index in [-0.39, 0.29) is 18.5 Å². The zero-order valence-electron chi connectivity index (χ0n) is 8.93. The fraction of sp³-hybridized carbons (Fsp3) is 0.273. The SMILES string of the molecule is CN(c1ccccc1)C1CC(=O)NC(=O)N1. The molecule has 0 bridgehead atoms. The molecule has 1 aromatic rings. The number of amides is 3. The largest absolute Gasteiger partial charge is 0.354 e. The number of anilines is 1. The third-order valence-corrected chi connectivity index (χ3v) is 2.56. The van der Waals surface area contributed by atoms with Gasteiger partial charge < -0.3 is 10.2 Å². The van der Waals surface area contributed by atoms with Crippen molar-refractivity contribution in [2.75, 3.05) is 11.9 Å². The summed E-state index contributed by atoms with van der Waals surface area (Å²) in [6.45, 7) is 0. The van der Waals surface area contributed by atoms with Gasteiger partial charge in [-0.25, -0.2) is 4.79 Å². The molecule has 1 saturated heterocycles. The lowest BCUT2D eigenvalue weighted by atomic mass is 10.2. The van der Waals surface area contributed by atoms with Crippen LogP contribution in [0.2, 0.25) is 0 Å². The zero-order chi connectivity index (χ0) is 11.5. The monoisotopic (exact) mass is 219 g/mol. The normalized spacial score (nSPS) is 19.9. The van der Waals surface area contributed by atoms with E-state index >= 15 is 0 Å². The van der Waals surface area contributed by atoms with E-state index in [0.717, 1.165) is 5.69 Å². The first-order valence-electron chi connectivity index (χ1n) is 5.05. The van der Waals surface area contributed by atoms with Crippen LogP contribution in [0.4, 0.5) is 10.5 Å². The Morgan fingerprint density at radius 3 is 2.56 bits per heavy atom. The van der Waals surface area contributed by atoms with Crippen molar-refractivity contribution in [1.82, 2.24) is 10.6 Å². The summed E-state index contributed by atoms with van der Waals surface area (Å²) in [5, 5.41) is 4.90.